The lowest BCUT2D eigenvalue weighted by Gasteiger charge is -2.09. The van der Waals surface area contributed by atoms with Crippen LogP contribution in [-0.2, 0) is 0 Å². The van der Waals surface area contributed by atoms with Crippen LogP contribution < -0.4 is 10.5 Å². The van der Waals surface area contributed by atoms with E-state index in [2.05, 4.69) is 9.72 Å². The highest BCUT2D eigenvalue weighted by atomic mass is 19.4. The zero-order chi connectivity index (χ0) is 11.6. The Kier molecular flexibility index (Phi) is 2.57. The molecule has 0 aliphatic carbocycles. The van der Waals surface area contributed by atoms with E-state index in [0.29, 0.717) is 0 Å². The molecule has 3 N–H and O–H groups in total. The summed E-state index contributed by atoms with van der Waals surface area (Å²) in [6, 6.07) is 2.28. The van der Waals surface area contributed by atoms with Gasteiger partial charge in [0.2, 0.25) is 0 Å². The number of aromatic nitrogens is 1. The molecular weight excluding hydrogens is 215 g/mol. The van der Waals surface area contributed by atoms with Crippen LogP contribution in [0.2, 0.25) is 0 Å². The molecule has 8 heteroatoms. The SMILES string of the molecule is N#Cc1cc(O)c(OC(F)(F)F)nc1N. The Morgan fingerprint density at radius 2 is 2.13 bits per heavy atom. The normalized spacial score (nSPS) is 10.8. The topological polar surface area (TPSA) is 92.2 Å². The first-order chi connectivity index (χ1) is 6.83. The van der Waals surface area contributed by atoms with Crippen molar-refractivity contribution >= 4 is 5.82 Å². The first kappa shape index (κ1) is 10.9. The van der Waals surface area contributed by atoms with E-state index in [4.69, 9.17) is 16.1 Å². The summed E-state index contributed by atoms with van der Waals surface area (Å²) < 4.78 is 38.6. The number of nitrogens with zero attached hydrogens (tertiary/aromatic N) is 2. The molecule has 0 aromatic carbocycles. The first-order valence-electron chi connectivity index (χ1n) is 3.49. The van der Waals surface area contributed by atoms with Crippen LogP contribution in [0.1, 0.15) is 5.56 Å². The molecule has 1 heterocycles. The van der Waals surface area contributed by atoms with E-state index < -0.39 is 23.8 Å². The molecule has 0 bridgehead atoms. The predicted molar refractivity (Wildman–Crippen MR) is 41.7 cm³/mol. The Hall–Kier alpha value is -2.17. The maximum absolute atomic E-state index is 11.8. The second kappa shape index (κ2) is 3.53. The fourth-order valence-corrected chi connectivity index (χ4v) is 0.774. The molecule has 0 saturated carbocycles. The minimum absolute atomic E-state index is 0.234. The molecule has 15 heavy (non-hydrogen) atoms. The fourth-order valence-electron chi connectivity index (χ4n) is 0.774. The van der Waals surface area contributed by atoms with E-state index in [1.54, 1.807) is 6.07 Å². The zero-order valence-electron chi connectivity index (χ0n) is 7.04. The van der Waals surface area contributed by atoms with E-state index >= 15 is 0 Å². The van der Waals surface area contributed by atoms with Crippen molar-refractivity contribution in [2.45, 2.75) is 6.36 Å². The highest BCUT2D eigenvalue weighted by molar-refractivity contribution is 5.54. The summed E-state index contributed by atoms with van der Waals surface area (Å²) in [6.45, 7) is 0. The van der Waals surface area contributed by atoms with Crippen molar-refractivity contribution < 1.29 is 23.0 Å². The molecule has 0 spiro atoms. The molecule has 0 radical (unpaired) electrons. The minimum Gasteiger partial charge on any atom is -0.503 e. The summed E-state index contributed by atoms with van der Waals surface area (Å²) >= 11 is 0. The maximum atomic E-state index is 11.8. The first-order valence-corrected chi connectivity index (χ1v) is 3.49. The average molecular weight is 219 g/mol. The van der Waals surface area contributed by atoms with Gasteiger partial charge in [0, 0.05) is 6.07 Å². The molecule has 0 aliphatic heterocycles. The van der Waals surface area contributed by atoms with Crippen molar-refractivity contribution in [3.63, 3.8) is 0 Å². The molecule has 5 nitrogen and oxygen atoms in total. The van der Waals surface area contributed by atoms with Crippen molar-refractivity contribution in [1.29, 1.82) is 5.26 Å². The molecule has 0 amide bonds. The number of rotatable bonds is 1. The van der Waals surface area contributed by atoms with Gasteiger partial charge >= 0.3 is 6.36 Å². The summed E-state index contributed by atoms with van der Waals surface area (Å²) in [5, 5.41) is 17.4. The van der Waals surface area contributed by atoms with Crippen LogP contribution in [0.5, 0.6) is 11.6 Å². The van der Waals surface area contributed by atoms with Crippen molar-refractivity contribution in [3.05, 3.63) is 11.6 Å². The van der Waals surface area contributed by atoms with Crippen LogP contribution in [0.25, 0.3) is 0 Å². The van der Waals surface area contributed by atoms with Gasteiger partial charge in [-0.2, -0.15) is 10.2 Å². The number of hydrogen-bond donors (Lipinski definition) is 2. The Labute approximate surface area is 81.5 Å². The van der Waals surface area contributed by atoms with E-state index in [9.17, 15) is 13.2 Å². The Morgan fingerprint density at radius 3 is 2.60 bits per heavy atom. The number of nitrogens with two attached hydrogens (primary N) is 1. The van der Waals surface area contributed by atoms with Crippen molar-refractivity contribution in [2.75, 3.05) is 5.73 Å². The van der Waals surface area contributed by atoms with Gasteiger partial charge in [0.05, 0.1) is 5.56 Å². The van der Waals surface area contributed by atoms with Crippen molar-refractivity contribution in [2.24, 2.45) is 0 Å². The summed E-state index contributed by atoms with van der Waals surface area (Å²) in [7, 11) is 0. The molecular formula is C7H4F3N3O2. The second-order valence-corrected chi connectivity index (χ2v) is 2.41. The van der Waals surface area contributed by atoms with Gasteiger partial charge in [-0.1, -0.05) is 0 Å². The number of ether oxygens (including phenoxy) is 1. The predicted octanol–water partition coefficient (Wildman–Crippen LogP) is 1.14. The van der Waals surface area contributed by atoms with Crippen molar-refractivity contribution in [3.8, 4) is 17.7 Å². The molecule has 0 fully saturated rings. The fraction of sp³-hybridized carbons (Fsp3) is 0.143. The maximum Gasteiger partial charge on any atom is 0.574 e. The van der Waals surface area contributed by atoms with Gasteiger partial charge in [0.15, 0.2) is 5.75 Å². The largest absolute Gasteiger partial charge is 0.574 e. The van der Waals surface area contributed by atoms with E-state index in [1.165, 1.54) is 0 Å². The van der Waals surface area contributed by atoms with Gasteiger partial charge in [-0.05, 0) is 0 Å². The Morgan fingerprint density at radius 1 is 1.53 bits per heavy atom. The van der Waals surface area contributed by atoms with E-state index in [0.717, 1.165) is 6.07 Å². The second-order valence-electron chi connectivity index (χ2n) is 2.41. The molecule has 0 aliphatic rings. The van der Waals surface area contributed by atoms with Crippen LogP contribution in [-0.4, -0.2) is 16.5 Å². The number of alkyl halides is 3. The lowest BCUT2D eigenvalue weighted by Crippen LogP contribution is -2.18. The van der Waals surface area contributed by atoms with Crippen molar-refractivity contribution in [1.82, 2.24) is 4.98 Å². The van der Waals surface area contributed by atoms with Gasteiger partial charge in [0.1, 0.15) is 11.9 Å². The number of hydrogen-bond acceptors (Lipinski definition) is 5. The molecule has 0 unspecified atom stereocenters. The number of nitriles is 1. The summed E-state index contributed by atoms with van der Waals surface area (Å²) in [4.78, 5) is 3.09. The van der Waals surface area contributed by atoms with Gasteiger partial charge in [-0.3, -0.25) is 0 Å². The quantitative estimate of drug-likeness (QED) is 0.738. The summed E-state index contributed by atoms with van der Waals surface area (Å²) in [6.07, 6.45) is -4.98. The van der Waals surface area contributed by atoms with Crippen LogP contribution >= 0.6 is 0 Å². The Bertz CT molecular complexity index is 425. The van der Waals surface area contributed by atoms with E-state index in [-0.39, 0.29) is 5.56 Å². The molecule has 1 rings (SSSR count). The zero-order valence-corrected chi connectivity index (χ0v) is 7.04. The average Bonchev–Trinajstić information content (AvgIpc) is 2.08. The number of aromatic hydroxyl groups is 1. The van der Waals surface area contributed by atoms with Crippen LogP contribution in [0, 0.1) is 11.3 Å². The van der Waals surface area contributed by atoms with Crippen LogP contribution in [0.4, 0.5) is 19.0 Å². The number of anilines is 1. The molecule has 0 saturated heterocycles. The summed E-state index contributed by atoms with van der Waals surface area (Å²) in [5.41, 5.74) is 4.89. The van der Waals surface area contributed by atoms with E-state index in [1.807, 2.05) is 0 Å². The highest BCUT2D eigenvalue weighted by Gasteiger charge is 2.33. The Balaban J connectivity index is 3.13. The molecule has 1 aromatic heterocycles. The number of pyridine rings is 1. The standard InChI is InChI=1S/C7H4F3N3O2/c8-7(9,10)15-6-4(14)1-3(2-11)5(12)13-6/h1,14H,(H2,12,13). The van der Waals surface area contributed by atoms with Gasteiger partial charge < -0.3 is 15.6 Å². The van der Waals surface area contributed by atoms with Gasteiger partial charge in [0.25, 0.3) is 5.88 Å². The smallest absolute Gasteiger partial charge is 0.503 e. The molecule has 0 atom stereocenters. The number of halogens is 3. The van der Waals surface area contributed by atoms with Crippen LogP contribution in [0.15, 0.2) is 6.07 Å². The minimum atomic E-state index is -4.98. The van der Waals surface area contributed by atoms with Gasteiger partial charge in [-0.15, -0.1) is 13.2 Å². The number of nitrogen functional groups attached to an aromatic ring is 1. The highest BCUT2D eigenvalue weighted by Crippen LogP contribution is 2.31. The van der Waals surface area contributed by atoms with Gasteiger partial charge in [-0.25, -0.2) is 0 Å². The lowest BCUT2D eigenvalue weighted by atomic mass is 10.2. The molecule has 1 aromatic rings. The summed E-state index contributed by atoms with van der Waals surface area (Å²) in [5.74, 6) is -2.44. The third-order valence-electron chi connectivity index (χ3n) is 1.33. The lowest BCUT2D eigenvalue weighted by molar-refractivity contribution is -0.276. The third-order valence-corrected chi connectivity index (χ3v) is 1.33. The monoisotopic (exact) mass is 219 g/mol. The van der Waals surface area contributed by atoms with Crippen LogP contribution in [0.3, 0.4) is 0 Å². The molecule has 80 valence electrons. The third kappa shape index (κ3) is 2.63.